The number of amides is 1. The zero-order valence-corrected chi connectivity index (χ0v) is 15.0. The van der Waals surface area contributed by atoms with Crippen LogP contribution in [0.5, 0.6) is 5.75 Å². The molecule has 5 nitrogen and oxygen atoms in total. The Morgan fingerprint density at radius 3 is 2.56 bits per heavy atom. The Kier molecular flexibility index (Phi) is 4.39. The molecule has 0 saturated carbocycles. The van der Waals surface area contributed by atoms with Crippen LogP contribution in [0.15, 0.2) is 47.0 Å². The van der Waals surface area contributed by atoms with Crippen LogP contribution in [0.1, 0.15) is 30.3 Å². The van der Waals surface area contributed by atoms with Gasteiger partial charge in [0.2, 0.25) is 0 Å². The van der Waals surface area contributed by atoms with Crippen molar-refractivity contribution in [1.29, 1.82) is 0 Å². The zero-order valence-electron chi connectivity index (χ0n) is 14.2. The van der Waals surface area contributed by atoms with Gasteiger partial charge in [-0.15, -0.1) is 11.3 Å². The molecule has 1 aromatic carbocycles. The first kappa shape index (κ1) is 17.2. The minimum Gasteiger partial charge on any atom is -0.506 e. The van der Waals surface area contributed by atoms with E-state index in [1.807, 2.05) is 24.4 Å². The molecule has 0 aliphatic carbocycles. The number of anilines is 1. The summed E-state index contributed by atoms with van der Waals surface area (Å²) < 4.78 is 0. The number of aliphatic hydroxyl groups excluding tert-OH is 1. The Balaban J connectivity index is 2.21. The van der Waals surface area contributed by atoms with E-state index in [9.17, 15) is 19.8 Å². The molecule has 0 radical (unpaired) electrons. The highest BCUT2D eigenvalue weighted by molar-refractivity contribution is 7.10. The van der Waals surface area contributed by atoms with Gasteiger partial charge in [0.05, 0.1) is 11.3 Å². The fourth-order valence-electron chi connectivity index (χ4n) is 2.96. The van der Waals surface area contributed by atoms with Gasteiger partial charge in [-0.3, -0.25) is 14.5 Å². The smallest absolute Gasteiger partial charge is 0.294 e. The van der Waals surface area contributed by atoms with E-state index in [1.165, 1.54) is 22.3 Å². The highest BCUT2D eigenvalue weighted by atomic mass is 32.1. The molecule has 0 fully saturated rings. The molecule has 0 bridgehead atoms. The van der Waals surface area contributed by atoms with Crippen molar-refractivity contribution >= 4 is 28.7 Å². The number of aromatic hydroxyl groups is 1. The van der Waals surface area contributed by atoms with Crippen LogP contribution in [0.25, 0.3) is 0 Å². The molecule has 0 saturated heterocycles. The van der Waals surface area contributed by atoms with Crippen LogP contribution in [-0.2, 0) is 9.59 Å². The topological polar surface area (TPSA) is 77.8 Å². The molecule has 130 valence electrons. The Labute approximate surface area is 149 Å². The molecule has 2 aromatic rings. The summed E-state index contributed by atoms with van der Waals surface area (Å²) >= 11 is 1.39. The lowest BCUT2D eigenvalue weighted by Crippen LogP contribution is -2.31. The van der Waals surface area contributed by atoms with E-state index in [1.54, 1.807) is 26.0 Å². The third-order valence-corrected chi connectivity index (χ3v) is 5.13. The number of phenolic OH excluding ortho intramolecular Hbond substituents is 1. The van der Waals surface area contributed by atoms with Crippen LogP contribution in [-0.4, -0.2) is 21.9 Å². The van der Waals surface area contributed by atoms with Gasteiger partial charge in [0, 0.05) is 10.8 Å². The first-order valence-electron chi connectivity index (χ1n) is 7.96. The van der Waals surface area contributed by atoms with Gasteiger partial charge in [-0.05, 0) is 36.1 Å². The summed E-state index contributed by atoms with van der Waals surface area (Å²) in [6.45, 7) is 5.30. The second-order valence-corrected chi connectivity index (χ2v) is 7.35. The molecule has 1 aliphatic rings. The van der Waals surface area contributed by atoms with Gasteiger partial charge in [0.15, 0.2) is 11.5 Å². The first-order chi connectivity index (χ1) is 11.8. The van der Waals surface area contributed by atoms with Crippen molar-refractivity contribution in [2.75, 3.05) is 4.90 Å². The summed E-state index contributed by atoms with van der Waals surface area (Å²) in [5, 5.41) is 22.5. The minimum absolute atomic E-state index is 0.0773. The van der Waals surface area contributed by atoms with Gasteiger partial charge < -0.3 is 10.2 Å². The van der Waals surface area contributed by atoms with E-state index >= 15 is 0 Å². The van der Waals surface area contributed by atoms with Crippen molar-refractivity contribution in [3.8, 4) is 5.75 Å². The average Bonchev–Trinajstić information content (AvgIpc) is 3.17. The van der Waals surface area contributed by atoms with Crippen molar-refractivity contribution in [2.45, 2.75) is 26.8 Å². The predicted octanol–water partition coefficient (Wildman–Crippen LogP) is 3.89. The normalized spacial score (nSPS) is 17.7. The largest absolute Gasteiger partial charge is 0.506 e. The molecule has 25 heavy (non-hydrogen) atoms. The van der Waals surface area contributed by atoms with Crippen LogP contribution in [0.4, 0.5) is 5.69 Å². The number of benzene rings is 1. The number of phenols is 1. The van der Waals surface area contributed by atoms with Crippen LogP contribution < -0.4 is 4.90 Å². The van der Waals surface area contributed by atoms with Gasteiger partial charge in [-0.1, -0.05) is 26.0 Å². The number of aryl methyl sites for hydroxylation is 1. The van der Waals surface area contributed by atoms with Crippen LogP contribution in [0.3, 0.4) is 0 Å². The van der Waals surface area contributed by atoms with Crippen molar-refractivity contribution < 1.29 is 19.8 Å². The van der Waals surface area contributed by atoms with E-state index in [-0.39, 0.29) is 28.7 Å². The summed E-state index contributed by atoms with van der Waals surface area (Å²) in [7, 11) is 0. The van der Waals surface area contributed by atoms with Gasteiger partial charge in [0.25, 0.3) is 5.91 Å². The summed E-state index contributed by atoms with van der Waals surface area (Å²) in [5.74, 6) is -1.94. The lowest BCUT2D eigenvalue weighted by molar-refractivity contribution is -0.119. The fourth-order valence-corrected chi connectivity index (χ4v) is 3.78. The van der Waals surface area contributed by atoms with Crippen molar-refractivity contribution in [3.63, 3.8) is 0 Å². The van der Waals surface area contributed by atoms with Gasteiger partial charge >= 0.3 is 0 Å². The molecule has 3 rings (SSSR count). The maximum absolute atomic E-state index is 12.8. The molecule has 1 aromatic heterocycles. The number of rotatable bonds is 4. The number of carbonyl (C=O) groups excluding carboxylic acids is 2. The van der Waals surface area contributed by atoms with Gasteiger partial charge in [-0.25, -0.2) is 0 Å². The molecule has 2 heterocycles. The lowest BCUT2D eigenvalue weighted by Gasteiger charge is -2.27. The standard InChI is InChI=1S/C19H19NO4S/c1-10(2)17(22)15-16(14-5-4-8-25-14)20(19(24)18(15)23)12-9-11(3)6-7-13(12)21/h4-10,16,21,23H,1-3H3. The SMILES string of the molecule is Cc1ccc(O)c(N2C(=O)C(O)=C(C(=O)C(C)C)C2c2cccs2)c1. The molecule has 0 spiro atoms. The quantitative estimate of drug-likeness (QED) is 0.870. The second kappa shape index (κ2) is 6.37. The number of aliphatic hydroxyl groups is 1. The van der Waals surface area contributed by atoms with Crippen LogP contribution in [0, 0.1) is 12.8 Å². The molecule has 2 N–H and O–H groups in total. The number of hydrogen-bond donors (Lipinski definition) is 2. The Hall–Kier alpha value is -2.60. The number of hydrogen-bond acceptors (Lipinski definition) is 5. The zero-order chi connectivity index (χ0) is 18.3. The Bertz CT molecular complexity index is 868. The monoisotopic (exact) mass is 357 g/mol. The molecule has 1 amide bonds. The van der Waals surface area contributed by atoms with Crippen LogP contribution in [0.2, 0.25) is 0 Å². The molecule has 1 aliphatic heterocycles. The number of nitrogens with zero attached hydrogens (tertiary/aromatic N) is 1. The van der Waals surface area contributed by atoms with Crippen LogP contribution >= 0.6 is 11.3 Å². The predicted molar refractivity (Wildman–Crippen MR) is 96.9 cm³/mol. The first-order valence-corrected chi connectivity index (χ1v) is 8.84. The fraction of sp³-hybridized carbons (Fsp3) is 0.263. The summed E-state index contributed by atoms with van der Waals surface area (Å²) in [4.78, 5) is 27.5. The molecule has 1 atom stereocenters. The van der Waals surface area contributed by atoms with Gasteiger partial charge in [-0.2, -0.15) is 0 Å². The lowest BCUT2D eigenvalue weighted by atomic mass is 9.94. The number of ketones is 1. The average molecular weight is 357 g/mol. The Morgan fingerprint density at radius 2 is 1.96 bits per heavy atom. The number of Topliss-reactive ketones (excluding diaryl/α,β-unsaturated/α-hetero) is 1. The van der Waals surface area contributed by atoms with E-state index in [0.717, 1.165) is 10.4 Å². The third-order valence-electron chi connectivity index (χ3n) is 4.20. The Morgan fingerprint density at radius 1 is 1.24 bits per heavy atom. The van der Waals surface area contributed by atoms with E-state index in [4.69, 9.17) is 0 Å². The maximum atomic E-state index is 12.8. The summed E-state index contributed by atoms with van der Waals surface area (Å²) in [6, 6.07) is 7.80. The molecule has 1 unspecified atom stereocenters. The number of carbonyl (C=O) groups is 2. The van der Waals surface area contributed by atoms with Gasteiger partial charge in [0.1, 0.15) is 11.8 Å². The number of thiophene rings is 1. The van der Waals surface area contributed by atoms with E-state index in [2.05, 4.69) is 0 Å². The van der Waals surface area contributed by atoms with Crippen molar-refractivity contribution in [2.24, 2.45) is 5.92 Å². The molecular weight excluding hydrogens is 338 g/mol. The van der Waals surface area contributed by atoms with Crippen molar-refractivity contribution in [1.82, 2.24) is 0 Å². The van der Waals surface area contributed by atoms with Crippen molar-refractivity contribution in [3.05, 3.63) is 57.5 Å². The second-order valence-electron chi connectivity index (χ2n) is 6.37. The maximum Gasteiger partial charge on any atom is 0.294 e. The van der Waals surface area contributed by atoms with E-state index in [0.29, 0.717) is 0 Å². The third kappa shape index (κ3) is 2.82. The minimum atomic E-state index is -0.741. The highest BCUT2D eigenvalue weighted by Crippen LogP contribution is 2.45. The molecular formula is C19H19NO4S. The summed E-state index contributed by atoms with van der Waals surface area (Å²) in [6.07, 6.45) is 0. The highest BCUT2D eigenvalue weighted by Gasteiger charge is 2.45. The molecule has 6 heteroatoms. The summed E-state index contributed by atoms with van der Waals surface area (Å²) in [5.41, 5.74) is 1.22. The van der Waals surface area contributed by atoms with E-state index < -0.39 is 17.7 Å².